The summed E-state index contributed by atoms with van der Waals surface area (Å²) in [6.45, 7) is 4.41. The number of fused-ring (bicyclic) bond motifs is 1. The number of nitrogens with two attached hydrogens (primary N) is 1. The van der Waals surface area contributed by atoms with Crippen molar-refractivity contribution < 1.29 is 9.15 Å². The Hall–Kier alpha value is -2.69. The molecule has 22 heavy (non-hydrogen) atoms. The lowest BCUT2D eigenvalue weighted by Gasteiger charge is -2.04. The molecule has 0 spiro atoms. The summed E-state index contributed by atoms with van der Waals surface area (Å²) in [5.41, 5.74) is 8.61. The van der Waals surface area contributed by atoms with Crippen molar-refractivity contribution in [3.05, 3.63) is 58.6 Å². The summed E-state index contributed by atoms with van der Waals surface area (Å²) in [4.78, 5) is 12.0. The van der Waals surface area contributed by atoms with Crippen molar-refractivity contribution in [1.29, 1.82) is 0 Å². The zero-order valence-corrected chi connectivity index (χ0v) is 13.0. The Labute approximate surface area is 128 Å². The molecule has 2 N–H and O–H groups in total. The molecule has 0 aliphatic heterocycles. The highest BCUT2D eigenvalue weighted by Gasteiger charge is 2.10. The van der Waals surface area contributed by atoms with E-state index in [0.29, 0.717) is 29.1 Å². The maximum Gasteiger partial charge on any atom is 0.420 e. The second-order valence-corrected chi connectivity index (χ2v) is 4.53. The fraction of sp³-hybridized carbons (Fsp3) is 0.235. The van der Waals surface area contributed by atoms with E-state index in [1.165, 1.54) is 0 Å². The van der Waals surface area contributed by atoms with Crippen LogP contribution in [0, 0.1) is 0 Å². The first kappa shape index (κ1) is 15.7. The van der Waals surface area contributed by atoms with E-state index in [1.807, 2.05) is 38.1 Å². The highest BCUT2D eigenvalue weighted by Crippen LogP contribution is 2.21. The zero-order valence-electron chi connectivity index (χ0n) is 13.0. The fourth-order valence-electron chi connectivity index (χ4n) is 2.19. The average molecular weight is 300 g/mol. The summed E-state index contributed by atoms with van der Waals surface area (Å²) in [6, 6.07) is 12.7. The highest BCUT2D eigenvalue weighted by atomic mass is 16.5. The van der Waals surface area contributed by atoms with Gasteiger partial charge in [-0.25, -0.2) is 4.79 Å². The molecule has 0 aliphatic carbocycles. The van der Waals surface area contributed by atoms with Crippen LogP contribution in [-0.2, 0) is 6.54 Å². The molecule has 5 nitrogen and oxygen atoms in total. The molecule has 0 saturated carbocycles. The van der Waals surface area contributed by atoms with Crippen LogP contribution >= 0.6 is 0 Å². The minimum absolute atomic E-state index is 0.393. The third-order valence-corrected chi connectivity index (χ3v) is 3.17. The molecule has 0 amide bonds. The van der Waals surface area contributed by atoms with Crippen LogP contribution in [0.25, 0.3) is 11.1 Å². The summed E-state index contributed by atoms with van der Waals surface area (Å²) in [6.07, 6.45) is 0. The van der Waals surface area contributed by atoms with Gasteiger partial charge >= 0.3 is 5.76 Å². The van der Waals surface area contributed by atoms with E-state index in [2.05, 4.69) is 0 Å². The van der Waals surface area contributed by atoms with Crippen LogP contribution < -0.4 is 16.2 Å². The maximum absolute atomic E-state index is 12.0. The smallest absolute Gasteiger partial charge is 0.420 e. The Morgan fingerprint density at radius 1 is 1.18 bits per heavy atom. The Balaban J connectivity index is 0.000000847. The number of benzene rings is 2. The molecule has 1 heterocycles. The van der Waals surface area contributed by atoms with Crippen LogP contribution in [-0.4, -0.2) is 11.7 Å². The number of anilines is 1. The Morgan fingerprint density at radius 3 is 2.64 bits per heavy atom. The van der Waals surface area contributed by atoms with E-state index in [9.17, 15) is 4.79 Å². The first-order chi connectivity index (χ1) is 10.7. The van der Waals surface area contributed by atoms with Crippen molar-refractivity contribution in [2.75, 3.05) is 12.8 Å². The number of oxazole rings is 1. The van der Waals surface area contributed by atoms with Gasteiger partial charge in [0.05, 0.1) is 19.2 Å². The lowest BCUT2D eigenvalue weighted by atomic mass is 10.2. The first-order valence-electron chi connectivity index (χ1n) is 7.19. The van der Waals surface area contributed by atoms with Crippen molar-refractivity contribution in [3.63, 3.8) is 0 Å². The SMILES string of the molecule is CC.COc1ccc2oc(=O)n(Cc3cccc(N)c3)c2c1. The molecule has 3 aromatic rings. The molecular weight excluding hydrogens is 280 g/mol. The number of rotatable bonds is 3. The van der Waals surface area contributed by atoms with Crippen molar-refractivity contribution in [2.24, 2.45) is 0 Å². The quantitative estimate of drug-likeness (QED) is 0.754. The van der Waals surface area contributed by atoms with Gasteiger partial charge in [0.15, 0.2) is 5.58 Å². The minimum atomic E-state index is -0.393. The van der Waals surface area contributed by atoms with Gasteiger partial charge in [0.2, 0.25) is 0 Å². The van der Waals surface area contributed by atoms with Crippen LogP contribution in [0.4, 0.5) is 5.69 Å². The molecule has 1 aromatic heterocycles. The van der Waals surface area contributed by atoms with Crippen LogP contribution in [0.15, 0.2) is 51.7 Å². The van der Waals surface area contributed by atoms with Gasteiger partial charge in [-0.2, -0.15) is 0 Å². The first-order valence-corrected chi connectivity index (χ1v) is 7.19. The molecule has 0 fully saturated rings. The van der Waals surface area contributed by atoms with Crippen molar-refractivity contribution in [2.45, 2.75) is 20.4 Å². The Kier molecular flexibility index (Phi) is 4.88. The van der Waals surface area contributed by atoms with E-state index in [4.69, 9.17) is 14.9 Å². The average Bonchev–Trinajstić information content (AvgIpc) is 2.84. The molecule has 5 heteroatoms. The van der Waals surface area contributed by atoms with Crippen LogP contribution in [0.1, 0.15) is 19.4 Å². The molecule has 0 saturated heterocycles. The topological polar surface area (TPSA) is 70.4 Å². The van der Waals surface area contributed by atoms with E-state index in [0.717, 1.165) is 5.56 Å². The third-order valence-electron chi connectivity index (χ3n) is 3.17. The fourth-order valence-corrected chi connectivity index (χ4v) is 2.19. The Morgan fingerprint density at radius 2 is 1.95 bits per heavy atom. The van der Waals surface area contributed by atoms with Gasteiger partial charge in [-0.15, -0.1) is 0 Å². The maximum atomic E-state index is 12.0. The summed E-state index contributed by atoms with van der Waals surface area (Å²) < 4.78 is 12.0. The third kappa shape index (κ3) is 3.14. The van der Waals surface area contributed by atoms with E-state index >= 15 is 0 Å². The monoisotopic (exact) mass is 300 g/mol. The second kappa shape index (κ2) is 6.85. The second-order valence-electron chi connectivity index (χ2n) is 4.53. The summed E-state index contributed by atoms with van der Waals surface area (Å²) >= 11 is 0. The van der Waals surface area contributed by atoms with Crippen molar-refractivity contribution in [3.8, 4) is 5.75 Å². The highest BCUT2D eigenvalue weighted by molar-refractivity contribution is 5.75. The van der Waals surface area contributed by atoms with Gasteiger partial charge in [0.1, 0.15) is 5.75 Å². The number of nitrogens with zero attached hydrogens (tertiary/aromatic N) is 1. The number of hydrogen-bond acceptors (Lipinski definition) is 4. The number of hydrogen-bond donors (Lipinski definition) is 1. The predicted molar refractivity (Wildman–Crippen MR) is 88.3 cm³/mol. The Bertz CT molecular complexity index is 818. The standard InChI is InChI=1S/C15H14N2O3.C2H6/c1-19-12-5-6-14-13(8-12)17(15(18)20-14)9-10-3-2-4-11(16)7-10;1-2/h2-8H,9,16H2,1H3;1-2H3. The molecular formula is C17H20N2O3. The summed E-state index contributed by atoms with van der Waals surface area (Å²) in [7, 11) is 1.58. The molecule has 2 aromatic carbocycles. The summed E-state index contributed by atoms with van der Waals surface area (Å²) in [5, 5.41) is 0. The van der Waals surface area contributed by atoms with Gasteiger partial charge in [-0.1, -0.05) is 26.0 Å². The lowest BCUT2D eigenvalue weighted by molar-refractivity contribution is 0.415. The van der Waals surface area contributed by atoms with Gasteiger partial charge in [0, 0.05) is 11.8 Å². The number of ether oxygens (including phenoxy) is 1. The van der Waals surface area contributed by atoms with Crippen molar-refractivity contribution in [1.82, 2.24) is 4.57 Å². The number of nitrogen functional groups attached to an aromatic ring is 1. The van der Waals surface area contributed by atoms with Crippen LogP contribution in [0.3, 0.4) is 0 Å². The lowest BCUT2D eigenvalue weighted by Crippen LogP contribution is -2.14. The van der Waals surface area contributed by atoms with Gasteiger partial charge in [0.25, 0.3) is 0 Å². The van der Waals surface area contributed by atoms with Crippen LogP contribution in [0.5, 0.6) is 5.75 Å². The molecule has 116 valence electrons. The van der Waals surface area contributed by atoms with E-state index in [-0.39, 0.29) is 0 Å². The molecule has 0 unspecified atom stereocenters. The number of aromatic nitrogens is 1. The largest absolute Gasteiger partial charge is 0.497 e. The summed E-state index contributed by atoms with van der Waals surface area (Å²) in [5.74, 6) is 0.287. The zero-order chi connectivity index (χ0) is 16.1. The van der Waals surface area contributed by atoms with E-state index in [1.54, 1.807) is 29.9 Å². The molecule has 0 radical (unpaired) electrons. The minimum Gasteiger partial charge on any atom is -0.497 e. The molecule has 0 bridgehead atoms. The number of methoxy groups -OCH3 is 1. The van der Waals surface area contributed by atoms with Gasteiger partial charge in [-0.3, -0.25) is 4.57 Å². The molecule has 3 rings (SSSR count). The van der Waals surface area contributed by atoms with Gasteiger partial charge in [-0.05, 0) is 29.8 Å². The van der Waals surface area contributed by atoms with Crippen LogP contribution in [0.2, 0.25) is 0 Å². The predicted octanol–water partition coefficient (Wildman–Crippen LogP) is 3.26. The van der Waals surface area contributed by atoms with Crippen molar-refractivity contribution >= 4 is 16.8 Å². The molecule has 0 aliphatic rings. The van der Waals surface area contributed by atoms with E-state index < -0.39 is 5.76 Å². The van der Waals surface area contributed by atoms with Gasteiger partial charge < -0.3 is 14.9 Å². The molecule has 0 atom stereocenters. The normalized spacial score (nSPS) is 10.1.